The number of rotatable bonds is 4. The molecule has 282 valence electrons. The second-order valence-electron chi connectivity index (χ2n) is 15.9. The third-order valence-electron chi connectivity index (χ3n) is 12.6. The maximum atomic E-state index is 5.37. The molecule has 0 unspecified atom stereocenters. The van der Waals surface area contributed by atoms with Gasteiger partial charge in [0.25, 0.3) is 0 Å². The molecule has 0 atom stereocenters. The highest BCUT2D eigenvalue weighted by molar-refractivity contribution is 6.14. The third-order valence-corrected chi connectivity index (χ3v) is 12.6. The second-order valence-corrected chi connectivity index (χ2v) is 15.9. The van der Waals surface area contributed by atoms with Crippen LogP contribution in [0, 0.1) is 0 Å². The Labute approximate surface area is 348 Å². The molecule has 61 heavy (non-hydrogen) atoms. The van der Waals surface area contributed by atoms with Gasteiger partial charge >= 0.3 is 0 Å². The van der Waals surface area contributed by atoms with Crippen LogP contribution in [0.1, 0.15) is 0 Å². The summed E-state index contributed by atoms with van der Waals surface area (Å²) >= 11 is 0. The molecule has 0 amide bonds. The third kappa shape index (κ3) is 4.46. The van der Waals surface area contributed by atoms with Gasteiger partial charge in [-0.1, -0.05) is 115 Å². The van der Waals surface area contributed by atoms with Crippen molar-refractivity contribution in [3.63, 3.8) is 0 Å². The minimum absolute atomic E-state index is 0.576. The normalized spacial score (nSPS) is 12.3. The number of para-hydroxylation sites is 5. The maximum Gasteiger partial charge on any atom is 0.237 e. The zero-order valence-electron chi connectivity index (χ0n) is 32.5. The van der Waals surface area contributed by atoms with Gasteiger partial charge in [-0.25, -0.2) is 15.0 Å². The van der Waals surface area contributed by atoms with Gasteiger partial charge in [-0.15, -0.1) is 0 Å². The monoisotopic (exact) mass is 777 g/mol. The van der Waals surface area contributed by atoms with Crippen LogP contribution in [-0.2, 0) is 0 Å². The molecule has 14 rings (SSSR count). The second kappa shape index (κ2) is 12.1. The van der Waals surface area contributed by atoms with Crippen molar-refractivity contribution >= 4 is 76.5 Å². The number of hydrogen-bond donors (Lipinski definition) is 0. The lowest BCUT2D eigenvalue weighted by molar-refractivity contribution is 1.00. The summed E-state index contributed by atoms with van der Waals surface area (Å²) in [4.78, 5) is 21.2. The molecule has 13 aromatic rings. The SMILES string of the molecule is c1ccc2c(c1)-c1nc(-c3ccc(-n4c5ccccc5c5ccccc54)cc3)nc3nc(-n4c5ccccc5c5cc(-n6c7ccccc7c7ccccc76)ccc54)nc-2c13. The highest BCUT2D eigenvalue weighted by Crippen LogP contribution is 2.46. The van der Waals surface area contributed by atoms with E-state index in [1.54, 1.807) is 0 Å². The molecule has 5 heterocycles. The lowest BCUT2D eigenvalue weighted by Gasteiger charge is -2.11. The summed E-state index contributed by atoms with van der Waals surface area (Å²) in [6.45, 7) is 0. The quantitative estimate of drug-likeness (QED) is 0.178. The molecule has 7 nitrogen and oxygen atoms in total. The Hall–Kier alpha value is -8.42. The van der Waals surface area contributed by atoms with Gasteiger partial charge in [0, 0.05) is 60.4 Å². The Balaban J connectivity index is 0.959. The molecule has 8 aromatic carbocycles. The van der Waals surface area contributed by atoms with Gasteiger partial charge in [-0.3, -0.25) is 4.57 Å². The van der Waals surface area contributed by atoms with Crippen molar-refractivity contribution in [3.8, 4) is 51.2 Å². The van der Waals surface area contributed by atoms with Crippen LogP contribution in [0.25, 0.3) is 128 Å². The molecular weight excluding hydrogens is 747 g/mol. The minimum Gasteiger partial charge on any atom is -0.309 e. The van der Waals surface area contributed by atoms with Crippen LogP contribution in [0.4, 0.5) is 0 Å². The molecule has 0 saturated heterocycles. The standard InChI is InChI=1S/C54H31N7/c1-2-19-41-40(18-1)50-49-51(41)56-54(58-53(49)57-52(55-50)32-25-27-33(28-26-32)59-43-20-8-3-13-35(43)36-14-4-9-21-44(36)59)61-47-24-12-7-17-39(47)42-31-34(29-30-48(42)61)60-45-22-10-5-15-37(45)38-16-6-11-23-46(38)60/h1-31H. The van der Waals surface area contributed by atoms with Gasteiger partial charge in [0.05, 0.1) is 49.9 Å². The first-order valence-electron chi connectivity index (χ1n) is 20.6. The van der Waals surface area contributed by atoms with E-state index in [4.69, 9.17) is 19.9 Å². The number of hydrogen-bond acceptors (Lipinski definition) is 4. The van der Waals surface area contributed by atoms with Gasteiger partial charge < -0.3 is 9.13 Å². The van der Waals surface area contributed by atoms with Gasteiger partial charge in [-0.05, 0) is 72.8 Å². The van der Waals surface area contributed by atoms with Crippen LogP contribution in [0.2, 0.25) is 0 Å². The maximum absolute atomic E-state index is 5.37. The Bertz CT molecular complexity index is 3890. The van der Waals surface area contributed by atoms with Crippen molar-refractivity contribution in [1.29, 1.82) is 0 Å². The van der Waals surface area contributed by atoms with E-state index in [-0.39, 0.29) is 0 Å². The molecule has 0 bridgehead atoms. The molecule has 0 fully saturated rings. The Morgan fingerprint density at radius 1 is 0.311 bits per heavy atom. The van der Waals surface area contributed by atoms with Gasteiger partial charge in [0.1, 0.15) is 0 Å². The number of aromatic nitrogens is 7. The van der Waals surface area contributed by atoms with E-state index in [1.807, 2.05) is 0 Å². The first-order valence-corrected chi connectivity index (χ1v) is 20.6. The Kier molecular flexibility index (Phi) is 6.43. The molecule has 5 aromatic heterocycles. The van der Waals surface area contributed by atoms with Crippen molar-refractivity contribution in [1.82, 2.24) is 33.6 Å². The molecule has 0 spiro atoms. The van der Waals surface area contributed by atoms with Crippen LogP contribution in [-0.4, -0.2) is 33.6 Å². The summed E-state index contributed by atoms with van der Waals surface area (Å²) < 4.78 is 6.89. The predicted molar refractivity (Wildman–Crippen MR) is 248 cm³/mol. The molecule has 0 N–H and O–H groups in total. The molecular formula is C54H31N7. The van der Waals surface area contributed by atoms with Gasteiger partial charge in [0.2, 0.25) is 5.95 Å². The number of nitrogens with zero attached hydrogens (tertiary/aromatic N) is 7. The molecule has 0 radical (unpaired) electrons. The summed E-state index contributed by atoms with van der Waals surface area (Å²) in [7, 11) is 0. The van der Waals surface area contributed by atoms with Crippen LogP contribution in [0.3, 0.4) is 0 Å². The lowest BCUT2D eigenvalue weighted by atomic mass is 10.1. The zero-order chi connectivity index (χ0) is 39.8. The molecule has 0 saturated carbocycles. The van der Waals surface area contributed by atoms with E-state index in [0.717, 1.165) is 66.6 Å². The first kappa shape index (κ1) is 32.5. The summed E-state index contributed by atoms with van der Waals surface area (Å²) in [6, 6.07) is 66.7. The summed E-state index contributed by atoms with van der Waals surface area (Å²) in [5, 5.41) is 8.09. The highest BCUT2D eigenvalue weighted by Gasteiger charge is 2.29. The number of fused-ring (bicyclic) bond motifs is 12. The van der Waals surface area contributed by atoms with Crippen molar-refractivity contribution < 1.29 is 0 Å². The molecule has 1 aliphatic rings. The molecule has 7 heteroatoms. The van der Waals surface area contributed by atoms with E-state index in [0.29, 0.717) is 17.4 Å². The van der Waals surface area contributed by atoms with Crippen LogP contribution >= 0.6 is 0 Å². The van der Waals surface area contributed by atoms with Crippen LogP contribution in [0.15, 0.2) is 188 Å². The zero-order valence-corrected chi connectivity index (χ0v) is 32.5. The van der Waals surface area contributed by atoms with Crippen molar-refractivity contribution in [2.75, 3.05) is 0 Å². The van der Waals surface area contributed by atoms with Gasteiger partial charge in [-0.2, -0.15) is 4.98 Å². The average molecular weight is 778 g/mol. The largest absolute Gasteiger partial charge is 0.309 e. The molecule has 1 aliphatic carbocycles. The topological polar surface area (TPSA) is 66.3 Å². The minimum atomic E-state index is 0.576. The fourth-order valence-corrected chi connectivity index (χ4v) is 10.0. The summed E-state index contributed by atoms with van der Waals surface area (Å²) in [5.41, 5.74) is 14.3. The number of benzene rings is 8. The van der Waals surface area contributed by atoms with Crippen LogP contribution in [0.5, 0.6) is 0 Å². The Morgan fingerprint density at radius 3 is 1.30 bits per heavy atom. The average Bonchev–Trinajstić information content (AvgIpc) is 4.05. The summed E-state index contributed by atoms with van der Waals surface area (Å²) in [5.74, 6) is 1.20. The van der Waals surface area contributed by atoms with Crippen molar-refractivity contribution in [2.24, 2.45) is 0 Å². The predicted octanol–water partition coefficient (Wildman–Crippen LogP) is 13.0. The highest BCUT2D eigenvalue weighted by atomic mass is 15.2. The summed E-state index contributed by atoms with van der Waals surface area (Å²) in [6.07, 6.45) is 0. The fraction of sp³-hybridized carbons (Fsp3) is 0. The van der Waals surface area contributed by atoms with E-state index >= 15 is 0 Å². The van der Waals surface area contributed by atoms with E-state index in [9.17, 15) is 0 Å². The molecule has 0 aliphatic heterocycles. The van der Waals surface area contributed by atoms with Crippen LogP contribution < -0.4 is 0 Å². The van der Waals surface area contributed by atoms with Gasteiger partial charge in [0.15, 0.2) is 11.5 Å². The van der Waals surface area contributed by atoms with E-state index < -0.39 is 0 Å². The fourth-order valence-electron chi connectivity index (χ4n) is 10.0. The van der Waals surface area contributed by atoms with E-state index in [2.05, 4.69) is 202 Å². The first-order chi connectivity index (χ1) is 30.3. The van der Waals surface area contributed by atoms with E-state index in [1.165, 1.54) is 43.6 Å². The van der Waals surface area contributed by atoms with Crippen molar-refractivity contribution in [2.45, 2.75) is 0 Å². The lowest BCUT2D eigenvalue weighted by Crippen LogP contribution is -2.04. The smallest absolute Gasteiger partial charge is 0.237 e. The van der Waals surface area contributed by atoms with Crippen molar-refractivity contribution in [3.05, 3.63) is 188 Å². The Morgan fingerprint density at radius 2 is 0.738 bits per heavy atom.